The van der Waals surface area contributed by atoms with Crippen LogP contribution in [0.5, 0.6) is 0 Å². The second-order valence-corrected chi connectivity index (χ2v) is 6.11. The minimum atomic E-state index is -0.442. The summed E-state index contributed by atoms with van der Waals surface area (Å²) in [5, 5.41) is 6.02. The standard InChI is InChI=1S/C14H16ClN3O2S/c1-2-7-16-14-18-13(20)11(21-14)8-12(19)17-10-6-4-3-5-9(10)15/h3-6,11H,2,7-8H2,1H3,(H,17,19)(H,16,18,20)/t11-/m1/s1. The van der Waals surface area contributed by atoms with Crippen LogP contribution in [0.15, 0.2) is 29.3 Å². The van der Waals surface area contributed by atoms with Gasteiger partial charge >= 0.3 is 0 Å². The summed E-state index contributed by atoms with van der Waals surface area (Å²) in [5.74, 6) is -0.420. The van der Waals surface area contributed by atoms with Crippen molar-refractivity contribution in [3.63, 3.8) is 0 Å². The maximum absolute atomic E-state index is 12.0. The Labute approximate surface area is 132 Å². The Morgan fingerprint density at radius 2 is 2.24 bits per heavy atom. The van der Waals surface area contributed by atoms with Gasteiger partial charge in [-0.25, -0.2) is 0 Å². The zero-order valence-corrected chi connectivity index (χ0v) is 13.1. The fourth-order valence-electron chi connectivity index (χ4n) is 1.76. The molecule has 0 spiro atoms. The summed E-state index contributed by atoms with van der Waals surface area (Å²) < 4.78 is 0. The van der Waals surface area contributed by atoms with E-state index < -0.39 is 5.25 Å². The first-order valence-corrected chi connectivity index (χ1v) is 7.92. The predicted octanol–water partition coefficient (Wildman–Crippen LogP) is 2.67. The molecule has 1 heterocycles. The van der Waals surface area contributed by atoms with E-state index >= 15 is 0 Å². The number of nitrogens with zero attached hydrogens (tertiary/aromatic N) is 1. The smallest absolute Gasteiger partial charge is 0.240 e. The van der Waals surface area contributed by atoms with Crippen molar-refractivity contribution in [3.8, 4) is 0 Å². The lowest BCUT2D eigenvalue weighted by Gasteiger charge is -2.08. The van der Waals surface area contributed by atoms with Gasteiger partial charge in [-0.3, -0.25) is 14.6 Å². The second-order valence-electron chi connectivity index (χ2n) is 4.51. The van der Waals surface area contributed by atoms with Crippen molar-refractivity contribution >= 4 is 46.0 Å². The average molecular weight is 326 g/mol. The van der Waals surface area contributed by atoms with Crippen LogP contribution in [-0.2, 0) is 9.59 Å². The van der Waals surface area contributed by atoms with Gasteiger partial charge in [0.15, 0.2) is 5.17 Å². The van der Waals surface area contributed by atoms with Crippen LogP contribution in [0.4, 0.5) is 5.69 Å². The molecule has 1 fully saturated rings. The summed E-state index contributed by atoms with van der Waals surface area (Å²) in [4.78, 5) is 28.0. The van der Waals surface area contributed by atoms with Crippen LogP contribution in [0.25, 0.3) is 0 Å². The third-order valence-electron chi connectivity index (χ3n) is 2.77. The van der Waals surface area contributed by atoms with Crippen LogP contribution in [0.1, 0.15) is 19.8 Å². The SMILES string of the molecule is CCCN=C1NC(=O)[C@@H](CC(=O)Nc2ccccc2Cl)S1. The minimum absolute atomic E-state index is 0.0901. The number of aliphatic imine (C=N–C) groups is 1. The van der Waals surface area contributed by atoms with Crippen molar-refractivity contribution in [3.05, 3.63) is 29.3 Å². The van der Waals surface area contributed by atoms with E-state index in [2.05, 4.69) is 15.6 Å². The second kappa shape index (κ2) is 7.47. The normalized spacial score (nSPS) is 19.6. The largest absolute Gasteiger partial charge is 0.325 e. The number of para-hydroxylation sites is 1. The molecule has 0 aliphatic carbocycles. The van der Waals surface area contributed by atoms with Gasteiger partial charge in [0.2, 0.25) is 11.8 Å². The minimum Gasteiger partial charge on any atom is -0.325 e. The summed E-state index contributed by atoms with van der Waals surface area (Å²) >= 11 is 7.27. The number of amides is 2. The summed E-state index contributed by atoms with van der Waals surface area (Å²) in [6.45, 7) is 2.68. The number of anilines is 1. The number of halogens is 1. The number of hydrogen-bond acceptors (Lipinski definition) is 4. The van der Waals surface area contributed by atoms with E-state index in [0.717, 1.165) is 6.42 Å². The molecule has 1 aliphatic rings. The predicted molar refractivity (Wildman–Crippen MR) is 86.8 cm³/mol. The fraction of sp³-hybridized carbons (Fsp3) is 0.357. The van der Waals surface area contributed by atoms with Crippen molar-refractivity contribution in [2.75, 3.05) is 11.9 Å². The molecule has 112 valence electrons. The molecule has 0 bridgehead atoms. The Bertz CT molecular complexity index is 577. The molecule has 2 rings (SSSR count). The number of rotatable bonds is 5. The van der Waals surface area contributed by atoms with E-state index in [0.29, 0.717) is 22.4 Å². The third kappa shape index (κ3) is 4.47. The molecule has 1 saturated heterocycles. The Balaban J connectivity index is 1.91. The van der Waals surface area contributed by atoms with Crippen LogP contribution < -0.4 is 10.6 Å². The third-order valence-corrected chi connectivity index (χ3v) is 4.22. The van der Waals surface area contributed by atoms with Gasteiger partial charge in [-0.05, 0) is 18.6 Å². The molecular formula is C14H16ClN3O2S. The molecule has 0 aromatic heterocycles. The van der Waals surface area contributed by atoms with E-state index in [4.69, 9.17) is 11.6 Å². The van der Waals surface area contributed by atoms with E-state index in [1.807, 2.05) is 6.92 Å². The van der Waals surface area contributed by atoms with Crippen molar-refractivity contribution in [2.24, 2.45) is 4.99 Å². The Kier molecular flexibility index (Phi) is 5.64. The number of hydrogen-bond donors (Lipinski definition) is 2. The molecule has 5 nitrogen and oxygen atoms in total. The van der Waals surface area contributed by atoms with Gasteiger partial charge in [-0.1, -0.05) is 42.4 Å². The molecule has 1 aliphatic heterocycles. The summed E-state index contributed by atoms with van der Waals surface area (Å²) in [6.07, 6.45) is 1.00. The molecule has 2 amide bonds. The Morgan fingerprint density at radius 1 is 1.48 bits per heavy atom. The highest BCUT2D eigenvalue weighted by Crippen LogP contribution is 2.24. The van der Waals surface area contributed by atoms with E-state index in [9.17, 15) is 9.59 Å². The van der Waals surface area contributed by atoms with Crippen molar-refractivity contribution in [1.29, 1.82) is 0 Å². The number of carbonyl (C=O) groups is 2. The first-order valence-electron chi connectivity index (χ1n) is 6.66. The lowest BCUT2D eigenvalue weighted by Crippen LogP contribution is -2.28. The molecule has 1 atom stereocenters. The molecule has 0 radical (unpaired) electrons. The van der Waals surface area contributed by atoms with E-state index in [-0.39, 0.29) is 18.2 Å². The zero-order valence-electron chi connectivity index (χ0n) is 11.6. The lowest BCUT2D eigenvalue weighted by atomic mass is 10.2. The fourth-order valence-corrected chi connectivity index (χ4v) is 2.94. The number of benzene rings is 1. The van der Waals surface area contributed by atoms with Crippen LogP contribution >= 0.6 is 23.4 Å². The lowest BCUT2D eigenvalue weighted by molar-refractivity contribution is -0.122. The van der Waals surface area contributed by atoms with Gasteiger partial charge in [0, 0.05) is 13.0 Å². The van der Waals surface area contributed by atoms with Crippen LogP contribution in [0.2, 0.25) is 5.02 Å². The quantitative estimate of drug-likeness (QED) is 0.874. The van der Waals surface area contributed by atoms with E-state index in [1.165, 1.54) is 11.8 Å². The van der Waals surface area contributed by atoms with Gasteiger partial charge in [-0.2, -0.15) is 0 Å². The van der Waals surface area contributed by atoms with Crippen molar-refractivity contribution in [2.45, 2.75) is 25.0 Å². The topological polar surface area (TPSA) is 70.6 Å². The van der Waals surface area contributed by atoms with Gasteiger partial charge in [0.1, 0.15) is 5.25 Å². The molecular weight excluding hydrogens is 310 g/mol. The highest BCUT2D eigenvalue weighted by atomic mass is 35.5. The maximum atomic E-state index is 12.0. The highest BCUT2D eigenvalue weighted by Gasteiger charge is 2.31. The van der Waals surface area contributed by atoms with Gasteiger partial charge in [0.25, 0.3) is 0 Å². The van der Waals surface area contributed by atoms with Crippen LogP contribution in [-0.4, -0.2) is 28.8 Å². The Hall–Kier alpha value is -1.53. The Morgan fingerprint density at radius 3 is 2.95 bits per heavy atom. The molecule has 7 heteroatoms. The average Bonchev–Trinajstić information content (AvgIpc) is 2.79. The van der Waals surface area contributed by atoms with Crippen molar-refractivity contribution in [1.82, 2.24) is 5.32 Å². The van der Waals surface area contributed by atoms with Gasteiger partial charge < -0.3 is 10.6 Å². The van der Waals surface area contributed by atoms with Crippen LogP contribution in [0, 0.1) is 0 Å². The summed E-state index contributed by atoms with van der Waals surface area (Å²) in [6, 6.07) is 6.99. The number of thioether (sulfide) groups is 1. The molecule has 0 saturated carbocycles. The first kappa shape index (κ1) is 15.9. The molecule has 21 heavy (non-hydrogen) atoms. The number of amidine groups is 1. The van der Waals surface area contributed by atoms with Gasteiger partial charge in [-0.15, -0.1) is 0 Å². The van der Waals surface area contributed by atoms with Gasteiger partial charge in [0.05, 0.1) is 10.7 Å². The highest BCUT2D eigenvalue weighted by molar-refractivity contribution is 8.15. The summed E-state index contributed by atoms with van der Waals surface area (Å²) in [7, 11) is 0. The first-order chi connectivity index (χ1) is 10.1. The van der Waals surface area contributed by atoms with E-state index in [1.54, 1.807) is 24.3 Å². The molecule has 1 aromatic carbocycles. The number of carbonyl (C=O) groups excluding carboxylic acids is 2. The van der Waals surface area contributed by atoms with Crippen molar-refractivity contribution < 1.29 is 9.59 Å². The summed E-state index contributed by atoms with van der Waals surface area (Å²) in [5.41, 5.74) is 0.549. The zero-order chi connectivity index (χ0) is 15.2. The monoisotopic (exact) mass is 325 g/mol. The van der Waals surface area contributed by atoms with Crippen LogP contribution in [0.3, 0.4) is 0 Å². The molecule has 2 N–H and O–H groups in total. The molecule has 0 unspecified atom stereocenters. The molecule has 1 aromatic rings. The maximum Gasteiger partial charge on any atom is 0.240 e. The number of nitrogens with one attached hydrogen (secondary N) is 2.